The van der Waals surface area contributed by atoms with Gasteiger partial charge in [0.05, 0.1) is 10.6 Å². The van der Waals surface area contributed by atoms with Crippen LogP contribution in [0.4, 0.5) is 0 Å². The van der Waals surface area contributed by atoms with Gasteiger partial charge in [0.25, 0.3) is 10.0 Å². The molecular weight excluding hydrogens is 330 g/mol. The van der Waals surface area contributed by atoms with Crippen LogP contribution in [0.5, 0.6) is 0 Å². The first-order valence-electron chi connectivity index (χ1n) is 6.92. The van der Waals surface area contributed by atoms with Gasteiger partial charge < -0.3 is 0 Å². The SMILES string of the molecule is C/C(=N\NS(=O)(=O)c1ccc(C)cc1)c1cnc2sccc2c1. The number of rotatable bonds is 4. The summed E-state index contributed by atoms with van der Waals surface area (Å²) in [5.41, 5.74) is 2.34. The van der Waals surface area contributed by atoms with Crippen LogP contribution in [0.2, 0.25) is 0 Å². The second-order valence-electron chi connectivity index (χ2n) is 5.14. The van der Waals surface area contributed by atoms with Crippen molar-refractivity contribution in [2.45, 2.75) is 18.7 Å². The lowest BCUT2D eigenvalue weighted by molar-refractivity contribution is 0.584. The summed E-state index contributed by atoms with van der Waals surface area (Å²) in [7, 11) is -3.67. The van der Waals surface area contributed by atoms with Crippen molar-refractivity contribution in [3.63, 3.8) is 0 Å². The molecule has 3 aromatic rings. The van der Waals surface area contributed by atoms with Crippen molar-refractivity contribution in [1.82, 2.24) is 9.82 Å². The zero-order valence-corrected chi connectivity index (χ0v) is 14.3. The molecule has 1 aromatic carbocycles. The van der Waals surface area contributed by atoms with Gasteiger partial charge in [0.1, 0.15) is 4.83 Å². The van der Waals surface area contributed by atoms with E-state index in [1.807, 2.05) is 24.4 Å². The molecule has 0 aliphatic rings. The molecular formula is C16H15N3O2S2. The molecule has 3 rings (SSSR count). The fraction of sp³-hybridized carbons (Fsp3) is 0.125. The normalized spacial score (nSPS) is 12.5. The first-order valence-corrected chi connectivity index (χ1v) is 9.28. The van der Waals surface area contributed by atoms with E-state index in [1.165, 1.54) is 0 Å². The Bertz CT molecular complexity index is 974. The molecule has 23 heavy (non-hydrogen) atoms. The summed E-state index contributed by atoms with van der Waals surface area (Å²) in [5.74, 6) is 0. The number of sulfonamides is 1. The number of hydrogen-bond donors (Lipinski definition) is 1. The summed E-state index contributed by atoms with van der Waals surface area (Å²) >= 11 is 1.56. The molecule has 0 fully saturated rings. The van der Waals surface area contributed by atoms with E-state index in [0.29, 0.717) is 5.71 Å². The maximum atomic E-state index is 12.2. The largest absolute Gasteiger partial charge is 0.276 e. The molecule has 7 heteroatoms. The van der Waals surface area contributed by atoms with Crippen molar-refractivity contribution in [2.24, 2.45) is 5.10 Å². The van der Waals surface area contributed by atoms with E-state index >= 15 is 0 Å². The van der Waals surface area contributed by atoms with Crippen molar-refractivity contribution < 1.29 is 8.42 Å². The molecule has 1 N–H and O–H groups in total. The van der Waals surface area contributed by atoms with Gasteiger partial charge in [-0.25, -0.2) is 4.98 Å². The number of aromatic nitrogens is 1. The smallest absolute Gasteiger partial charge is 0.245 e. The summed E-state index contributed by atoms with van der Waals surface area (Å²) in [6, 6.07) is 10.5. The van der Waals surface area contributed by atoms with Gasteiger partial charge in [-0.3, -0.25) is 0 Å². The van der Waals surface area contributed by atoms with Crippen LogP contribution in [0.3, 0.4) is 0 Å². The molecule has 0 radical (unpaired) electrons. The number of benzene rings is 1. The number of nitrogens with zero attached hydrogens (tertiary/aromatic N) is 2. The van der Waals surface area contributed by atoms with Crippen LogP contribution in [0, 0.1) is 6.92 Å². The molecule has 0 aliphatic carbocycles. The quantitative estimate of drug-likeness (QED) is 0.582. The molecule has 2 heterocycles. The van der Waals surface area contributed by atoms with Gasteiger partial charge in [-0.05, 0) is 43.5 Å². The van der Waals surface area contributed by atoms with Crippen LogP contribution in [0.15, 0.2) is 58.0 Å². The maximum Gasteiger partial charge on any atom is 0.276 e. The number of thiophene rings is 1. The number of nitrogens with one attached hydrogen (secondary N) is 1. The fourth-order valence-corrected chi connectivity index (χ4v) is 3.60. The molecule has 0 aliphatic heterocycles. The Balaban J connectivity index is 1.84. The van der Waals surface area contributed by atoms with Gasteiger partial charge in [0.2, 0.25) is 0 Å². The number of pyridine rings is 1. The van der Waals surface area contributed by atoms with Gasteiger partial charge in [0, 0.05) is 17.1 Å². The van der Waals surface area contributed by atoms with Gasteiger partial charge in [-0.1, -0.05) is 17.7 Å². The predicted octanol–water partition coefficient (Wildman–Crippen LogP) is 3.31. The highest BCUT2D eigenvalue weighted by Crippen LogP contribution is 2.19. The number of hydrogen-bond acceptors (Lipinski definition) is 5. The molecule has 118 valence electrons. The van der Waals surface area contributed by atoms with Crippen LogP contribution >= 0.6 is 11.3 Å². The second kappa shape index (κ2) is 6.10. The maximum absolute atomic E-state index is 12.2. The van der Waals surface area contributed by atoms with Crippen molar-refractivity contribution in [2.75, 3.05) is 0 Å². The minimum absolute atomic E-state index is 0.186. The average Bonchev–Trinajstić information content (AvgIpc) is 3.00. The topological polar surface area (TPSA) is 71.4 Å². The first-order chi connectivity index (χ1) is 11.0. The lowest BCUT2D eigenvalue weighted by Crippen LogP contribution is -2.20. The lowest BCUT2D eigenvalue weighted by Gasteiger charge is -2.06. The predicted molar refractivity (Wildman–Crippen MR) is 93.3 cm³/mol. The zero-order chi connectivity index (χ0) is 16.4. The number of hydrazone groups is 1. The molecule has 0 atom stereocenters. The summed E-state index contributed by atoms with van der Waals surface area (Å²) in [5, 5.41) is 6.98. The third-order valence-electron chi connectivity index (χ3n) is 3.39. The fourth-order valence-electron chi connectivity index (χ4n) is 2.02. The van der Waals surface area contributed by atoms with Crippen molar-refractivity contribution >= 4 is 37.3 Å². The Morgan fingerprint density at radius 1 is 1.22 bits per heavy atom. The zero-order valence-electron chi connectivity index (χ0n) is 12.6. The Morgan fingerprint density at radius 3 is 2.70 bits per heavy atom. The van der Waals surface area contributed by atoms with E-state index in [2.05, 4.69) is 14.9 Å². The number of fused-ring (bicyclic) bond motifs is 1. The van der Waals surface area contributed by atoms with E-state index in [1.54, 1.807) is 48.7 Å². The van der Waals surface area contributed by atoms with Crippen molar-refractivity contribution in [3.05, 3.63) is 59.1 Å². The summed E-state index contributed by atoms with van der Waals surface area (Å²) < 4.78 is 24.4. The van der Waals surface area contributed by atoms with E-state index in [-0.39, 0.29) is 4.90 Å². The highest BCUT2D eigenvalue weighted by molar-refractivity contribution is 7.89. The van der Waals surface area contributed by atoms with Crippen molar-refractivity contribution in [1.29, 1.82) is 0 Å². The van der Waals surface area contributed by atoms with Crippen LogP contribution in [0.25, 0.3) is 10.2 Å². The van der Waals surface area contributed by atoms with E-state index in [4.69, 9.17) is 0 Å². The average molecular weight is 345 g/mol. The lowest BCUT2D eigenvalue weighted by atomic mass is 10.2. The van der Waals surface area contributed by atoms with Crippen LogP contribution in [0.1, 0.15) is 18.1 Å². The van der Waals surface area contributed by atoms with Gasteiger partial charge in [-0.15, -0.1) is 11.3 Å². The standard InChI is InChI=1S/C16H15N3O2S2/c1-11-3-5-15(6-4-11)23(20,21)19-18-12(2)14-9-13-7-8-22-16(13)17-10-14/h3-10,19H,1-2H3/b18-12+. The Kier molecular flexibility index (Phi) is 4.14. The Labute approximate surface area is 138 Å². The molecule has 0 bridgehead atoms. The van der Waals surface area contributed by atoms with Gasteiger partial charge in [-0.2, -0.15) is 18.4 Å². The highest BCUT2D eigenvalue weighted by atomic mass is 32.2. The van der Waals surface area contributed by atoms with Crippen LogP contribution < -0.4 is 4.83 Å². The third kappa shape index (κ3) is 3.40. The monoisotopic (exact) mass is 345 g/mol. The van der Waals surface area contributed by atoms with E-state index in [9.17, 15) is 8.42 Å². The molecule has 0 unspecified atom stereocenters. The summed E-state index contributed by atoms with van der Waals surface area (Å²) in [6.07, 6.45) is 1.69. The minimum Gasteiger partial charge on any atom is -0.245 e. The van der Waals surface area contributed by atoms with Gasteiger partial charge in [0.15, 0.2) is 0 Å². The summed E-state index contributed by atoms with van der Waals surface area (Å²) in [6.45, 7) is 3.65. The molecule has 0 spiro atoms. The summed E-state index contributed by atoms with van der Waals surface area (Å²) in [4.78, 5) is 7.74. The van der Waals surface area contributed by atoms with Crippen LogP contribution in [-0.2, 0) is 10.0 Å². The van der Waals surface area contributed by atoms with Gasteiger partial charge >= 0.3 is 0 Å². The molecule has 0 saturated carbocycles. The Morgan fingerprint density at radius 2 is 1.96 bits per heavy atom. The van der Waals surface area contributed by atoms with Crippen molar-refractivity contribution in [3.8, 4) is 0 Å². The second-order valence-corrected chi connectivity index (χ2v) is 7.70. The van der Waals surface area contributed by atoms with E-state index < -0.39 is 10.0 Å². The minimum atomic E-state index is -3.67. The molecule has 2 aromatic heterocycles. The van der Waals surface area contributed by atoms with Crippen LogP contribution in [-0.4, -0.2) is 19.1 Å². The molecule has 0 saturated heterocycles. The first kappa shape index (κ1) is 15.6. The highest BCUT2D eigenvalue weighted by Gasteiger charge is 2.12. The number of aryl methyl sites for hydroxylation is 1. The Hall–Kier alpha value is -2.25. The van der Waals surface area contributed by atoms with E-state index in [0.717, 1.165) is 21.3 Å². The molecule has 0 amide bonds. The third-order valence-corrected chi connectivity index (χ3v) is 5.45. The molecule has 5 nitrogen and oxygen atoms in total.